The van der Waals surface area contributed by atoms with Gasteiger partial charge in [-0.2, -0.15) is 0 Å². The molecule has 0 spiro atoms. The number of nitrogens with two attached hydrogens (primary N) is 1. The quantitative estimate of drug-likeness (QED) is 0.468. The molecule has 1 heterocycles. The molecule has 6 heteroatoms. The molecule has 22 heavy (non-hydrogen) atoms. The van der Waals surface area contributed by atoms with Gasteiger partial charge in [0.25, 0.3) is 0 Å². The third-order valence-corrected chi connectivity index (χ3v) is 4.18. The van der Waals surface area contributed by atoms with Gasteiger partial charge in [-0.25, -0.2) is 4.99 Å². The fourth-order valence-electron chi connectivity index (χ4n) is 2.68. The lowest BCUT2D eigenvalue weighted by Gasteiger charge is -2.18. The van der Waals surface area contributed by atoms with E-state index in [-0.39, 0.29) is 29.9 Å². The summed E-state index contributed by atoms with van der Waals surface area (Å²) < 4.78 is 0. The summed E-state index contributed by atoms with van der Waals surface area (Å²) in [6, 6.07) is 8.60. The van der Waals surface area contributed by atoms with Crippen molar-refractivity contribution in [3.05, 3.63) is 29.8 Å². The molecule has 120 valence electrons. The second-order valence-corrected chi connectivity index (χ2v) is 5.84. The predicted octanol–water partition coefficient (Wildman–Crippen LogP) is 2.34. The maximum absolute atomic E-state index is 11.8. The number of hydrogen-bond acceptors (Lipinski definition) is 2. The number of halogens is 1. The molecule has 2 aliphatic rings. The first-order valence-electron chi connectivity index (χ1n) is 7.57. The van der Waals surface area contributed by atoms with Gasteiger partial charge in [-0.15, -0.1) is 24.0 Å². The monoisotopic (exact) mass is 414 g/mol. The van der Waals surface area contributed by atoms with Gasteiger partial charge in [0, 0.05) is 31.7 Å². The van der Waals surface area contributed by atoms with E-state index < -0.39 is 0 Å². The Balaban J connectivity index is 0.00000176. The lowest BCUT2D eigenvalue weighted by Crippen LogP contribution is -2.35. The van der Waals surface area contributed by atoms with Crippen LogP contribution in [0.2, 0.25) is 0 Å². The molecule has 0 bridgehead atoms. The van der Waals surface area contributed by atoms with E-state index >= 15 is 0 Å². The summed E-state index contributed by atoms with van der Waals surface area (Å²) in [6.45, 7) is 1.37. The molecule has 1 saturated carbocycles. The Morgan fingerprint density at radius 1 is 1.45 bits per heavy atom. The Bertz CT molecular complexity index is 571. The number of aliphatic imine (C=N–C) groups is 1. The summed E-state index contributed by atoms with van der Waals surface area (Å²) in [5.74, 6) is 0.809. The average molecular weight is 414 g/mol. The maximum atomic E-state index is 11.8. The molecular formula is C16H23IN4O. The van der Waals surface area contributed by atoms with Gasteiger partial charge in [0.1, 0.15) is 0 Å². The van der Waals surface area contributed by atoms with E-state index in [9.17, 15) is 4.79 Å². The van der Waals surface area contributed by atoms with Crippen LogP contribution in [0.4, 0.5) is 5.69 Å². The van der Waals surface area contributed by atoms with Gasteiger partial charge in [0.2, 0.25) is 5.91 Å². The van der Waals surface area contributed by atoms with Crippen LogP contribution in [0.3, 0.4) is 0 Å². The van der Waals surface area contributed by atoms with Crippen LogP contribution >= 0.6 is 24.0 Å². The highest BCUT2D eigenvalue weighted by molar-refractivity contribution is 14.0. The van der Waals surface area contributed by atoms with Crippen LogP contribution in [0.5, 0.6) is 0 Å². The number of amides is 1. The van der Waals surface area contributed by atoms with Crippen molar-refractivity contribution in [3.8, 4) is 0 Å². The molecule has 1 aliphatic carbocycles. The molecule has 1 aromatic carbocycles. The van der Waals surface area contributed by atoms with Crippen molar-refractivity contribution < 1.29 is 4.79 Å². The molecule has 1 amide bonds. The van der Waals surface area contributed by atoms with Crippen molar-refractivity contribution >= 4 is 41.5 Å². The van der Waals surface area contributed by atoms with Crippen molar-refractivity contribution in [2.24, 2.45) is 10.7 Å². The lowest BCUT2D eigenvalue weighted by atomic mass is 10.2. The first-order chi connectivity index (χ1) is 10.1. The van der Waals surface area contributed by atoms with E-state index in [1.54, 1.807) is 0 Å². The lowest BCUT2D eigenvalue weighted by molar-refractivity contribution is -0.117. The summed E-state index contributed by atoms with van der Waals surface area (Å²) in [5, 5.41) is 0. The molecule has 0 unspecified atom stereocenters. The van der Waals surface area contributed by atoms with E-state index in [2.05, 4.69) is 4.99 Å². The van der Waals surface area contributed by atoms with Crippen molar-refractivity contribution in [3.63, 3.8) is 0 Å². The summed E-state index contributed by atoms with van der Waals surface area (Å²) in [5.41, 5.74) is 8.05. The van der Waals surface area contributed by atoms with Crippen molar-refractivity contribution in [1.82, 2.24) is 4.90 Å². The molecule has 1 aromatic rings. The Morgan fingerprint density at radius 2 is 2.23 bits per heavy atom. The number of nitrogens with zero attached hydrogens (tertiary/aromatic N) is 3. The van der Waals surface area contributed by atoms with E-state index in [1.807, 2.05) is 41.1 Å². The minimum Gasteiger partial charge on any atom is -0.370 e. The number of hydrogen-bond donors (Lipinski definition) is 1. The number of carbonyl (C=O) groups excluding carboxylic acids is 1. The molecule has 0 radical (unpaired) electrons. The second-order valence-electron chi connectivity index (χ2n) is 5.84. The summed E-state index contributed by atoms with van der Waals surface area (Å²) in [7, 11) is 2.00. The van der Waals surface area contributed by atoms with Crippen LogP contribution < -0.4 is 10.6 Å². The summed E-state index contributed by atoms with van der Waals surface area (Å²) >= 11 is 0. The predicted molar refractivity (Wildman–Crippen MR) is 99.6 cm³/mol. The number of anilines is 1. The molecule has 1 saturated heterocycles. The Morgan fingerprint density at radius 3 is 2.86 bits per heavy atom. The molecule has 2 N–H and O–H groups in total. The average Bonchev–Trinajstić information content (AvgIpc) is 3.26. The molecule has 1 aliphatic heterocycles. The first kappa shape index (κ1) is 17.1. The van der Waals surface area contributed by atoms with Gasteiger partial charge >= 0.3 is 0 Å². The van der Waals surface area contributed by atoms with Crippen molar-refractivity contribution in [2.75, 3.05) is 18.5 Å². The highest BCUT2D eigenvalue weighted by atomic mass is 127. The van der Waals surface area contributed by atoms with E-state index in [0.717, 1.165) is 24.2 Å². The zero-order valence-electron chi connectivity index (χ0n) is 12.9. The molecule has 2 fully saturated rings. The first-order valence-corrected chi connectivity index (χ1v) is 7.57. The van der Waals surface area contributed by atoms with Crippen LogP contribution in [0.25, 0.3) is 0 Å². The van der Waals surface area contributed by atoms with Gasteiger partial charge in [-0.05, 0) is 37.0 Å². The molecule has 5 nitrogen and oxygen atoms in total. The van der Waals surface area contributed by atoms with Crippen LogP contribution in [0.1, 0.15) is 31.2 Å². The van der Waals surface area contributed by atoms with E-state index in [1.165, 1.54) is 12.8 Å². The van der Waals surface area contributed by atoms with Crippen LogP contribution in [-0.2, 0) is 11.3 Å². The number of rotatable bonds is 4. The van der Waals surface area contributed by atoms with Crippen LogP contribution in [-0.4, -0.2) is 36.4 Å². The van der Waals surface area contributed by atoms with Crippen molar-refractivity contribution in [2.45, 2.75) is 38.3 Å². The summed E-state index contributed by atoms with van der Waals surface area (Å²) in [6.07, 6.45) is 4.01. The molecule has 3 rings (SSSR count). The van der Waals surface area contributed by atoms with Gasteiger partial charge in [-0.3, -0.25) is 4.79 Å². The van der Waals surface area contributed by atoms with E-state index in [4.69, 9.17) is 5.73 Å². The minimum atomic E-state index is 0. The largest absolute Gasteiger partial charge is 0.370 e. The van der Waals surface area contributed by atoms with Gasteiger partial charge in [-0.1, -0.05) is 12.1 Å². The van der Waals surface area contributed by atoms with Crippen LogP contribution in [0.15, 0.2) is 29.3 Å². The number of guanidine groups is 1. The minimum absolute atomic E-state index is 0. The van der Waals surface area contributed by atoms with Crippen molar-refractivity contribution in [1.29, 1.82) is 0 Å². The van der Waals surface area contributed by atoms with Crippen LogP contribution in [0, 0.1) is 0 Å². The Hall–Kier alpha value is -1.31. The van der Waals surface area contributed by atoms with E-state index in [0.29, 0.717) is 25.0 Å². The molecule has 0 atom stereocenters. The highest BCUT2D eigenvalue weighted by Crippen LogP contribution is 2.25. The highest BCUT2D eigenvalue weighted by Gasteiger charge is 2.27. The van der Waals surface area contributed by atoms with Gasteiger partial charge in [0.05, 0.1) is 6.54 Å². The fraction of sp³-hybridized carbons (Fsp3) is 0.500. The van der Waals surface area contributed by atoms with Gasteiger partial charge in [0.15, 0.2) is 5.96 Å². The third kappa shape index (κ3) is 3.91. The Labute approximate surface area is 148 Å². The van der Waals surface area contributed by atoms with Gasteiger partial charge < -0.3 is 15.5 Å². The molecule has 0 aromatic heterocycles. The summed E-state index contributed by atoms with van der Waals surface area (Å²) in [4.78, 5) is 20.2. The molecular weight excluding hydrogens is 391 g/mol. The zero-order valence-corrected chi connectivity index (χ0v) is 15.2. The maximum Gasteiger partial charge on any atom is 0.227 e. The second kappa shape index (κ2) is 7.30. The smallest absolute Gasteiger partial charge is 0.227 e. The SMILES string of the molecule is CN(C(N)=NCc1cccc(N2CCCC2=O)c1)C1CC1.I. The topological polar surface area (TPSA) is 61.9 Å². The fourth-order valence-corrected chi connectivity index (χ4v) is 2.68. The normalized spacial score (nSPS) is 18.3. The zero-order chi connectivity index (χ0) is 14.8. The number of carbonyl (C=O) groups is 1. The third-order valence-electron chi connectivity index (χ3n) is 4.18. The number of benzene rings is 1. The standard InChI is InChI=1S/C16H22N4O.HI/c1-19(13-7-8-13)16(17)18-11-12-4-2-5-14(10-12)20-9-3-6-15(20)21;/h2,4-5,10,13H,3,6-9,11H2,1H3,(H2,17,18);1H. The Kier molecular flexibility index (Phi) is 5.66.